The van der Waals surface area contributed by atoms with Crippen molar-refractivity contribution in [3.8, 4) is 11.1 Å². The topological polar surface area (TPSA) is 32.5 Å². The Labute approximate surface area is 132 Å². The fraction of sp³-hybridized carbons (Fsp3) is 0.368. The minimum absolute atomic E-state index is 0.424. The number of piperazine rings is 1. The van der Waals surface area contributed by atoms with Crippen molar-refractivity contribution in [2.75, 3.05) is 39.3 Å². The summed E-state index contributed by atoms with van der Waals surface area (Å²) in [6.07, 6.45) is 0. The quantitative estimate of drug-likeness (QED) is 0.943. The molecule has 0 bridgehead atoms. The van der Waals surface area contributed by atoms with Gasteiger partial charge in [-0.2, -0.15) is 0 Å². The Morgan fingerprint density at radius 3 is 1.91 bits per heavy atom. The summed E-state index contributed by atoms with van der Waals surface area (Å²) in [6.45, 7) is 6.26. The first-order valence-electron chi connectivity index (χ1n) is 8.23. The van der Waals surface area contributed by atoms with Crippen molar-refractivity contribution >= 4 is 0 Å². The van der Waals surface area contributed by atoms with Gasteiger partial charge in [0.1, 0.15) is 0 Å². The minimum Gasteiger partial charge on any atom is -0.329 e. The molecule has 2 N–H and O–H groups in total. The van der Waals surface area contributed by atoms with Gasteiger partial charge < -0.3 is 5.73 Å². The number of hydrogen-bond donors (Lipinski definition) is 1. The minimum atomic E-state index is 0.424. The molecular weight excluding hydrogens is 270 g/mol. The Morgan fingerprint density at radius 2 is 1.36 bits per heavy atom. The predicted molar refractivity (Wildman–Crippen MR) is 90.8 cm³/mol. The average Bonchev–Trinajstić information content (AvgIpc) is 2.91. The number of nitrogens with zero attached hydrogens (tertiary/aromatic N) is 2. The lowest BCUT2D eigenvalue weighted by atomic mass is 10.0. The Balaban J connectivity index is 1.65. The molecule has 1 heterocycles. The fourth-order valence-electron chi connectivity index (χ4n) is 3.95. The summed E-state index contributed by atoms with van der Waals surface area (Å²) in [5.41, 5.74) is 11.4. The summed E-state index contributed by atoms with van der Waals surface area (Å²) >= 11 is 0. The van der Waals surface area contributed by atoms with E-state index in [1.807, 2.05) is 0 Å². The zero-order valence-electron chi connectivity index (χ0n) is 12.9. The molecule has 3 heteroatoms. The van der Waals surface area contributed by atoms with E-state index in [0.717, 1.165) is 39.3 Å². The van der Waals surface area contributed by atoms with Crippen LogP contribution in [-0.4, -0.2) is 49.1 Å². The molecule has 3 nitrogen and oxygen atoms in total. The first kappa shape index (κ1) is 13.9. The van der Waals surface area contributed by atoms with Gasteiger partial charge in [-0.15, -0.1) is 0 Å². The molecule has 2 aliphatic rings. The van der Waals surface area contributed by atoms with Crippen molar-refractivity contribution in [1.29, 1.82) is 0 Å². The van der Waals surface area contributed by atoms with E-state index in [1.165, 1.54) is 22.3 Å². The molecule has 0 aromatic heterocycles. The Kier molecular flexibility index (Phi) is 3.70. The second-order valence-electron chi connectivity index (χ2n) is 6.24. The van der Waals surface area contributed by atoms with Gasteiger partial charge in [0, 0.05) is 39.3 Å². The highest BCUT2D eigenvalue weighted by Crippen LogP contribution is 2.46. The van der Waals surface area contributed by atoms with Crippen LogP contribution in [-0.2, 0) is 0 Å². The maximum Gasteiger partial charge on any atom is 0.0614 e. The van der Waals surface area contributed by atoms with Crippen LogP contribution < -0.4 is 5.73 Å². The summed E-state index contributed by atoms with van der Waals surface area (Å²) in [6, 6.07) is 18.2. The zero-order chi connectivity index (χ0) is 14.9. The predicted octanol–water partition coefficient (Wildman–Crippen LogP) is 2.33. The maximum atomic E-state index is 5.69. The molecule has 1 fully saturated rings. The number of rotatable bonds is 3. The van der Waals surface area contributed by atoms with E-state index in [2.05, 4.69) is 58.3 Å². The fourth-order valence-corrected chi connectivity index (χ4v) is 3.95. The van der Waals surface area contributed by atoms with Crippen LogP contribution in [0, 0.1) is 0 Å². The van der Waals surface area contributed by atoms with Crippen molar-refractivity contribution in [1.82, 2.24) is 9.80 Å². The van der Waals surface area contributed by atoms with Crippen LogP contribution in [0.25, 0.3) is 11.1 Å². The smallest absolute Gasteiger partial charge is 0.0614 e. The molecule has 2 aromatic carbocycles. The lowest BCUT2D eigenvalue weighted by Gasteiger charge is -2.38. The van der Waals surface area contributed by atoms with Gasteiger partial charge in [-0.3, -0.25) is 9.80 Å². The molecule has 4 rings (SSSR count). The molecule has 0 spiro atoms. The summed E-state index contributed by atoms with van der Waals surface area (Å²) in [4.78, 5) is 5.11. The van der Waals surface area contributed by atoms with E-state index in [-0.39, 0.29) is 0 Å². The highest BCUT2D eigenvalue weighted by Gasteiger charge is 2.33. The van der Waals surface area contributed by atoms with Crippen molar-refractivity contribution in [2.24, 2.45) is 5.73 Å². The van der Waals surface area contributed by atoms with Crippen molar-refractivity contribution in [3.05, 3.63) is 59.7 Å². The molecule has 0 radical (unpaired) electrons. The van der Waals surface area contributed by atoms with Crippen LogP contribution >= 0.6 is 0 Å². The molecule has 0 amide bonds. The van der Waals surface area contributed by atoms with E-state index in [1.54, 1.807) is 0 Å². The van der Waals surface area contributed by atoms with Crippen LogP contribution in [0.3, 0.4) is 0 Å². The van der Waals surface area contributed by atoms with Gasteiger partial charge in [0.25, 0.3) is 0 Å². The molecular formula is C19H23N3. The SMILES string of the molecule is NCCN1CCN(C2c3ccccc3-c3ccccc32)CC1. The van der Waals surface area contributed by atoms with Gasteiger partial charge in [-0.05, 0) is 22.3 Å². The molecule has 1 aliphatic heterocycles. The lowest BCUT2D eigenvalue weighted by molar-refractivity contribution is 0.113. The highest BCUT2D eigenvalue weighted by molar-refractivity contribution is 5.78. The summed E-state index contributed by atoms with van der Waals surface area (Å²) in [5.74, 6) is 0. The van der Waals surface area contributed by atoms with Gasteiger partial charge in [0.15, 0.2) is 0 Å². The van der Waals surface area contributed by atoms with Gasteiger partial charge in [-0.25, -0.2) is 0 Å². The van der Waals surface area contributed by atoms with E-state index in [4.69, 9.17) is 5.73 Å². The first-order valence-corrected chi connectivity index (χ1v) is 8.23. The molecule has 0 atom stereocenters. The molecule has 22 heavy (non-hydrogen) atoms. The largest absolute Gasteiger partial charge is 0.329 e. The molecule has 2 aromatic rings. The first-order chi connectivity index (χ1) is 10.9. The average molecular weight is 293 g/mol. The van der Waals surface area contributed by atoms with E-state index in [0.29, 0.717) is 6.04 Å². The molecule has 1 aliphatic carbocycles. The number of fused-ring (bicyclic) bond motifs is 3. The van der Waals surface area contributed by atoms with E-state index >= 15 is 0 Å². The van der Waals surface area contributed by atoms with Crippen LogP contribution in [0.4, 0.5) is 0 Å². The Bertz CT molecular complexity index is 614. The number of hydrogen-bond acceptors (Lipinski definition) is 3. The number of benzene rings is 2. The second-order valence-corrected chi connectivity index (χ2v) is 6.24. The summed E-state index contributed by atoms with van der Waals surface area (Å²) in [5, 5.41) is 0. The maximum absolute atomic E-state index is 5.69. The second kappa shape index (κ2) is 5.84. The molecule has 0 saturated carbocycles. The Hall–Kier alpha value is -1.68. The van der Waals surface area contributed by atoms with Crippen molar-refractivity contribution in [2.45, 2.75) is 6.04 Å². The third-order valence-corrected chi connectivity index (χ3v) is 5.02. The van der Waals surface area contributed by atoms with Crippen LogP contribution in [0.1, 0.15) is 17.2 Å². The van der Waals surface area contributed by atoms with E-state index < -0.39 is 0 Å². The van der Waals surface area contributed by atoms with Gasteiger partial charge in [-0.1, -0.05) is 48.5 Å². The Morgan fingerprint density at radius 1 is 0.818 bits per heavy atom. The highest BCUT2D eigenvalue weighted by atomic mass is 15.3. The molecule has 0 unspecified atom stereocenters. The molecule has 1 saturated heterocycles. The van der Waals surface area contributed by atoms with Crippen molar-refractivity contribution in [3.63, 3.8) is 0 Å². The van der Waals surface area contributed by atoms with E-state index in [9.17, 15) is 0 Å². The third kappa shape index (κ3) is 2.26. The summed E-state index contributed by atoms with van der Waals surface area (Å²) < 4.78 is 0. The monoisotopic (exact) mass is 293 g/mol. The summed E-state index contributed by atoms with van der Waals surface area (Å²) in [7, 11) is 0. The van der Waals surface area contributed by atoms with Gasteiger partial charge in [0.05, 0.1) is 6.04 Å². The van der Waals surface area contributed by atoms with Gasteiger partial charge >= 0.3 is 0 Å². The van der Waals surface area contributed by atoms with Gasteiger partial charge in [0.2, 0.25) is 0 Å². The number of nitrogens with two attached hydrogens (primary N) is 1. The zero-order valence-corrected chi connectivity index (χ0v) is 12.9. The van der Waals surface area contributed by atoms with Crippen LogP contribution in [0.15, 0.2) is 48.5 Å². The molecule has 114 valence electrons. The normalized spacial score (nSPS) is 19.1. The lowest BCUT2D eigenvalue weighted by Crippen LogP contribution is -2.48. The standard InChI is InChI=1S/C19H23N3/c20-9-10-21-11-13-22(14-12-21)19-17-7-3-1-5-15(17)16-6-2-4-8-18(16)19/h1-8,19H,9-14,20H2. The third-order valence-electron chi connectivity index (χ3n) is 5.02. The van der Waals surface area contributed by atoms with Crippen molar-refractivity contribution < 1.29 is 0 Å². The van der Waals surface area contributed by atoms with Crippen LogP contribution in [0.2, 0.25) is 0 Å². The van der Waals surface area contributed by atoms with Crippen LogP contribution in [0.5, 0.6) is 0 Å².